The van der Waals surface area contributed by atoms with E-state index in [1.807, 2.05) is 30.3 Å². The van der Waals surface area contributed by atoms with Gasteiger partial charge < -0.3 is 14.8 Å². The van der Waals surface area contributed by atoms with Crippen LogP contribution in [0, 0.1) is 0 Å². The standard InChI is InChI=1S/C15H13N5O2/c1-2-12(9-16-5-1)20-10-17-15(19-20)18-11-3-4-13-14(8-11)22-7-6-21-13/h1-5,8-10H,6-7H2,(H,18,19). The topological polar surface area (TPSA) is 74.1 Å². The van der Waals surface area contributed by atoms with Crippen LogP contribution in [-0.4, -0.2) is 33.0 Å². The summed E-state index contributed by atoms with van der Waals surface area (Å²) in [5, 5.41) is 7.52. The van der Waals surface area contributed by atoms with E-state index in [-0.39, 0.29) is 0 Å². The predicted octanol–water partition coefficient (Wildman–Crippen LogP) is 2.18. The highest BCUT2D eigenvalue weighted by Gasteiger charge is 2.12. The van der Waals surface area contributed by atoms with Crippen LogP contribution >= 0.6 is 0 Å². The summed E-state index contributed by atoms with van der Waals surface area (Å²) in [5.41, 5.74) is 1.69. The number of pyridine rings is 1. The van der Waals surface area contributed by atoms with Crippen molar-refractivity contribution >= 4 is 11.6 Å². The quantitative estimate of drug-likeness (QED) is 0.798. The Morgan fingerprint density at radius 1 is 1.09 bits per heavy atom. The molecule has 7 heteroatoms. The molecule has 22 heavy (non-hydrogen) atoms. The van der Waals surface area contributed by atoms with Gasteiger partial charge in [0.1, 0.15) is 19.5 Å². The van der Waals surface area contributed by atoms with Gasteiger partial charge in [-0.1, -0.05) is 0 Å². The van der Waals surface area contributed by atoms with Gasteiger partial charge in [-0.3, -0.25) is 4.98 Å². The maximum Gasteiger partial charge on any atom is 0.246 e. The van der Waals surface area contributed by atoms with Crippen LogP contribution in [0.15, 0.2) is 49.1 Å². The molecule has 7 nitrogen and oxygen atoms in total. The molecule has 0 spiro atoms. The van der Waals surface area contributed by atoms with Crippen LogP contribution in [0.1, 0.15) is 0 Å². The number of benzene rings is 1. The molecule has 0 radical (unpaired) electrons. The van der Waals surface area contributed by atoms with Gasteiger partial charge in [-0.25, -0.2) is 4.68 Å². The first-order chi connectivity index (χ1) is 10.9. The van der Waals surface area contributed by atoms with E-state index in [4.69, 9.17) is 9.47 Å². The molecule has 3 heterocycles. The van der Waals surface area contributed by atoms with Gasteiger partial charge in [0, 0.05) is 18.0 Å². The molecule has 110 valence electrons. The van der Waals surface area contributed by atoms with Gasteiger partial charge in [0.05, 0.1) is 11.9 Å². The minimum absolute atomic E-state index is 0.500. The van der Waals surface area contributed by atoms with E-state index in [1.165, 1.54) is 0 Å². The summed E-state index contributed by atoms with van der Waals surface area (Å²) in [7, 11) is 0. The third-order valence-electron chi connectivity index (χ3n) is 3.20. The van der Waals surface area contributed by atoms with Gasteiger partial charge >= 0.3 is 0 Å². The van der Waals surface area contributed by atoms with Crippen LogP contribution in [-0.2, 0) is 0 Å². The average Bonchev–Trinajstić information content (AvgIpc) is 3.04. The van der Waals surface area contributed by atoms with Crippen molar-refractivity contribution in [3.63, 3.8) is 0 Å². The SMILES string of the molecule is c1cncc(-n2cnc(Nc3ccc4c(c3)OCCO4)n2)c1. The molecular formula is C15H13N5O2. The molecule has 2 aromatic heterocycles. The highest BCUT2D eigenvalue weighted by atomic mass is 16.6. The fourth-order valence-corrected chi connectivity index (χ4v) is 2.18. The predicted molar refractivity (Wildman–Crippen MR) is 79.9 cm³/mol. The number of fused-ring (bicyclic) bond motifs is 1. The Labute approximate surface area is 126 Å². The second-order valence-electron chi connectivity index (χ2n) is 4.71. The van der Waals surface area contributed by atoms with Crippen molar-refractivity contribution in [1.82, 2.24) is 19.7 Å². The Hall–Kier alpha value is -3.09. The number of ether oxygens (including phenoxy) is 2. The molecule has 1 aliphatic rings. The molecule has 4 rings (SSSR count). The van der Waals surface area contributed by atoms with E-state index in [0.717, 1.165) is 22.9 Å². The molecule has 0 amide bonds. The smallest absolute Gasteiger partial charge is 0.246 e. The lowest BCUT2D eigenvalue weighted by atomic mass is 10.2. The van der Waals surface area contributed by atoms with Crippen LogP contribution < -0.4 is 14.8 Å². The number of aromatic nitrogens is 4. The lowest BCUT2D eigenvalue weighted by Gasteiger charge is -2.18. The maximum atomic E-state index is 5.56. The largest absolute Gasteiger partial charge is 0.486 e. The Morgan fingerprint density at radius 3 is 2.86 bits per heavy atom. The highest BCUT2D eigenvalue weighted by Crippen LogP contribution is 2.33. The molecule has 1 N–H and O–H groups in total. The van der Waals surface area contributed by atoms with Crippen LogP contribution in [0.5, 0.6) is 11.5 Å². The summed E-state index contributed by atoms with van der Waals surface area (Å²) in [6.45, 7) is 1.14. The molecule has 3 aromatic rings. The molecule has 1 aromatic carbocycles. The van der Waals surface area contributed by atoms with E-state index >= 15 is 0 Å². The first-order valence-electron chi connectivity index (χ1n) is 6.87. The van der Waals surface area contributed by atoms with E-state index in [0.29, 0.717) is 19.2 Å². The third kappa shape index (κ3) is 2.44. The zero-order chi connectivity index (χ0) is 14.8. The molecule has 0 unspecified atom stereocenters. The summed E-state index contributed by atoms with van der Waals surface area (Å²) >= 11 is 0. The molecule has 1 aliphatic heterocycles. The number of hydrogen-bond acceptors (Lipinski definition) is 6. The monoisotopic (exact) mass is 295 g/mol. The fraction of sp³-hybridized carbons (Fsp3) is 0.133. The number of hydrogen-bond donors (Lipinski definition) is 1. The van der Waals surface area contributed by atoms with Crippen molar-refractivity contribution in [2.75, 3.05) is 18.5 Å². The van der Waals surface area contributed by atoms with Crippen molar-refractivity contribution in [3.05, 3.63) is 49.1 Å². The van der Waals surface area contributed by atoms with Gasteiger partial charge in [0.2, 0.25) is 5.95 Å². The van der Waals surface area contributed by atoms with Gasteiger partial charge in [0.15, 0.2) is 11.5 Å². The summed E-state index contributed by atoms with van der Waals surface area (Å²) < 4.78 is 12.7. The Kier molecular flexibility index (Phi) is 3.08. The molecule has 0 aliphatic carbocycles. The highest BCUT2D eigenvalue weighted by molar-refractivity contribution is 5.59. The van der Waals surface area contributed by atoms with Gasteiger partial charge in [-0.05, 0) is 24.3 Å². The summed E-state index contributed by atoms with van der Waals surface area (Å²) in [4.78, 5) is 8.30. The normalized spacial score (nSPS) is 12.9. The Morgan fingerprint density at radius 2 is 2.00 bits per heavy atom. The number of rotatable bonds is 3. The van der Waals surface area contributed by atoms with E-state index < -0.39 is 0 Å². The zero-order valence-corrected chi connectivity index (χ0v) is 11.6. The van der Waals surface area contributed by atoms with Gasteiger partial charge in [-0.2, -0.15) is 4.98 Å². The van der Waals surface area contributed by atoms with E-state index in [1.54, 1.807) is 23.4 Å². The minimum Gasteiger partial charge on any atom is -0.486 e. The first kappa shape index (κ1) is 12.6. The van der Waals surface area contributed by atoms with E-state index in [2.05, 4.69) is 20.4 Å². The zero-order valence-electron chi connectivity index (χ0n) is 11.6. The van der Waals surface area contributed by atoms with Crippen LogP contribution in [0.25, 0.3) is 5.69 Å². The molecule has 0 saturated carbocycles. The third-order valence-corrected chi connectivity index (χ3v) is 3.20. The lowest BCUT2D eigenvalue weighted by molar-refractivity contribution is 0.171. The molecule has 0 atom stereocenters. The second kappa shape index (κ2) is 5.36. The second-order valence-corrected chi connectivity index (χ2v) is 4.71. The Balaban J connectivity index is 1.55. The van der Waals surface area contributed by atoms with E-state index in [9.17, 15) is 0 Å². The van der Waals surface area contributed by atoms with Gasteiger partial charge in [0.25, 0.3) is 0 Å². The lowest BCUT2D eigenvalue weighted by Crippen LogP contribution is -2.15. The Bertz CT molecular complexity index is 788. The molecular weight excluding hydrogens is 282 g/mol. The van der Waals surface area contributed by atoms with Crippen LogP contribution in [0.4, 0.5) is 11.6 Å². The van der Waals surface area contributed by atoms with Crippen LogP contribution in [0.3, 0.4) is 0 Å². The van der Waals surface area contributed by atoms with Crippen molar-refractivity contribution in [2.24, 2.45) is 0 Å². The molecule has 0 saturated heterocycles. The number of nitrogens with one attached hydrogen (secondary N) is 1. The van der Waals surface area contributed by atoms with Crippen molar-refractivity contribution in [3.8, 4) is 17.2 Å². The number of anilines is 2. The fourth-order valence-electron chi connectivity index (χ4n) is 2.18. The number of nitrogens with zero attached hydrogens (tertiary/aromatic N) is 4. The molecule has 0 fully saturated rings. The summed E-state index contributed by atoms with van der Waals surface area (Å²) in [6.07, 6.45) is 5.08. The van der Waals surface area contributed by atoms with Crippen LogP contribution in [0.2, 0.25) is 0 Å². The van der Waals surface area contributed by atoms with Gasteiger partial charge in [-0.15, -0.1) is 5.10 Å². The molecule has 0 bridgehead atoms. The van der Waals surface area contributed by atoms with Crippen molar-refractivity contribution < 1.29 is 9.47 Å². The summed E-state index contributed by atoms with van der Waals surface area (Å²) in [5.74, 6) is 1.98. The maximum absolute atomic E-state index is 5.56. The van der Waals surface area contributed by atoms with Crippen molar-refractivity contribution in [1.29, 1.82) is 0 Å². The average molecular weight is 295 g/mol. The minimum atomic E-state index is 0.500. The van der Waals surface area contributed by atoms with Crippen molar-refractivity contribution in [2.45, 2.75) is 0 Å². The first-order valence-corrected chi connectivity index (χ1v) is 6.87. The summed E-state index contributed by atoms with van der Waals surface area (Å²) in [6, 6.07) is 9.41.